The first-order chi connectivity index (χ1) is 10.0. The second kappa shape index (κ2) is 7.04. The molecular weight excluding hydrogens is 284 g/mol. The number of nitrogens with one attached hydrogen (secondary N) is 1. The summed E-state index contributed by atoms with van der Waals surface area (Å²) in [7, 11) is 1.64. The monoisotopic (exact) mass is 302 g/mol. The number of hydrogen-bond acceptors (Lipinski definition) is 3. The SMILES string of the molecule is Cc1ccc(NC(=O)CN(C)C(=O)Cc2cccs2)cc1. The maximum Gasteiger partial charge on any atom is 0.243 e. The quantitative estimate of drug-likeness (QED) is 0.923. The number of benzene rings is 1. The molecule has 0 saturated heterocycles. The maximum absolute atomic E-state index is 12.0. The molecule has 0 aliphatic rings. The van der Waals surface area contributed by atoms with Crippen molar-refractivity contribution < 1.29 is 9.59 Å². The van der Waals surface area contributed by atoms with E-state index in [1.54, 1.807) is 18.4 Å². The number of likely N-dealkylation sites (N-methyl/N-ethyl adjacent to an activating group) is 1. The third-order valence-corrected chi connectivity index (χ3v) is 3.92. The summed E-state index contributed by atoms with van der Waals surface area (Å²) in [5.74, 6) is -0.252. The molecule has 110 valence electrons. The van der Waals surface area contributed by atoms with Gasteiger partial charge in [0.15, 0.2) is 0 Å². The van der Waals surface area contributed by atoms with Crippen LogP contribution in [0.2, 0.25) is 0 Å². The fourth-order valence-corrected chi connectivity index (χ4v) is 2.53. The molecular formula is C16H18N2O2S. The first kappa shape index (κ1) is 15.3. The predicted molar refractivity (Wildman–Crippen MR) is 85.5 cm³/mol. The van der Waals surface area contributed by atoms with Gasteiger partial charge in [0, 0.05) is 17.6 Å². The highest BCUT2D eigenvalue weighted by atomic mass is 32.1. The Morgan fingerprint density at radius 2 is 1.90 bits per heavy atom. The average molecular weight is 302 g/mol. The standard InChI is InChI=1S/C16H18N2O2S/c1-12-5-7-13(8-6-12)17-15(19)11-18(2)16(20)10-14-4-3-9-21-14/h3-9H,10-11H2,1-2H3,(H,17,19). The molecule has 2 rings (SSSR count). The molecule has 1 aromatic heterocycles. The average Bonchev–Trinajstić information content (AvgIpc) is 2.94. The number of thiophene rings is 1. The van der Waals surface area contributed by atoms with Gasteiger partial charge < -0.3 is 10.2 Å². The van der Waals surface area contributed by atoms with Gasteiger partial charge in [-0.15, -0.1) is 11.3 Å². The van der Waals surface area contributed by atoms with Gasteiger partial charge in [-0.05, 0) is 30.5 Å². The minimum Gasteiger partial charge on any atom is -0.336 e. The minimum absolute atomic E-state index is 0.0537. The fraction of sp³-hybridized carbons (Fsp3) is 0.250. The first-order valence-corrected chi connectivity index (χ1v) is 7.55. The normalized spacial score (nSPS) is 10.2. The van der Waals surface area contributed by atoms with Crippen LogP contribution in [-0.4, -0.2) is 30.3 Å². The molecule has 0 unspecified atom stereocenters. The third-order valence-electron chi connectivity index (χ3n) is 3.05. The van der Waals surface area contributed by atoms with Crippen LogP contribution >= 0.6 is 11.3 Å². The van der Waals surface area contributed by atoms with E-state index in [0.29, 0.717) is 6.42 Å². The Morgan fingerprint density at radius 3 is 2.52 bits per heavy atom. The summed E-state index contributed by atoms with van der Waals surface area (Å²) in [6.07, 6.45) is 0.339. The Labute approximate surface area is 128 Å². The molecule has 0 radical (unpaired) electrons. The van der Waals surface area contributed by atoms with Crippen molar-refractivity contribution in [1.82, 2.24) is 4.90 Å². The lowest BCUT2D eigenvalue weighted by Crippen LogP contribution is -2.35. The molecule has 0 fully saturated rings. The van der Waals surface area contributed by atoms with Crippen LogP contribution in [0.5, 0.6) is 0 Å². The van der Waals surface area contributed by atoms with E-state index in [9.17, 15) is 9.59 Å². The van der Waals surface area contributed by atoms with E-state index in [0.717, 1.165) is 16.1 Å². The lowest BCUT2D eigenvalue weighted by atomic mass is 10.2. The molecule has 1 heterocycles. The van der Waals surface area contributed by atoms with Gasteiger partial charge >= 0.3 is 0 Å². The van der Waals surface area contributed by atoms with Gasteiger partial charge in [0.25, 0.3) is 0 Å². The fourth-order valence-electron chi connectivity index (χ4n) is 1.84. The van der Waals surface area contributed by atoms with Crippen molar-refractivity contribution in [2.45, 2.75) is 13.3 Å². The second-order valence-corrected chi connectivity index (χ2v) is 5.95. The highest BCUT2D eigenvalue weighted by molar-refractivity contribution is 7.10. The number of aryl methyl sites for hydroxylation is 1. The van der Waals surface area contributed by atoms with Crippen LogP contribution in [-0.2, 0) is 16.0 Å². The topological polar surface area (TPSA) is 49.4 Å². The number of hydrogen-bond donors (Lipinski definition) is 1. The molecule has 5 heteroatoms. The number of anilines is 1. The molecule has 21 heavy (non-hydrogen) atoms. The Kier molecular flexibility index (Phi) is 5.11. The summed E-state index contributed by atoms with van der Waals surface area (Å²) >= 11 is 1.54. The predicted octanol–water partition coefficient (Wildman–Crippen LogP) is 2.70. The number of carbonyl (C=O) groups excluding carboxylic acids is 2. The van der Waals surface area contributed by atoms with Gasteiger partial charge in [0.2, 0.25) is 11.8 Å². The van der Waals surface area contributed by atoms with Crippen molar-refractivity contribution >= 4 is 28.8 Å². The van der Waals surface area contributed by atoms with Crippen LogP contribution in [0, 0.1) is 6.92 Å². The third kappa shape index (κ3) is 4.72. The van der Waals surface area contributed by atoms with Crippen LogP contribution in [0.15, 0.2) is 41.8 Å². The molecule has 0 saturated carbocycles. The number of nitrogens with zero attached hydrogens (tertiary/aromatic N) is 1. The Bertz CT molecular complexity index is 606. The van der Waals surface area contributed by atoms with E-state index < -0.39 is 0 Å². The molecule has 2 amide bonds. The van der Waals surface area contributed by atoms with Crippen LogP contribution in [0.3, 0.4) is 0 Å². The zero-order chi connectivity index (χ0) is 15.2. The van der Waals surface area contributed by atoms with Crippen LogP contribution in [0.25, 0.3) is 0 Å². The van der Waals surface area contributed by atoms with E-state index in [1.165, 1.54) is 4.90 Å². The van der Waals surface area contributed by atoms with E-state index in [-0.39, 0.29) is 18.4 Å². The van der Waals surface area contributed by atoms with Crippen molar-refractivity contribution in [2.24, 2.45) is 0 Å². The van der Waals surface area contributed by atoms with Gasteiger partial charge in [-0.3, -0.25) is 9.59 Å². The molecule has 2 aromatic rings. The van der Waals surface area contributed by atoms with Crippen LogP contribution in [0.4, 0.5) is 5.69 Å². The molecule has 4 nitrogen and oxygen atoms in total. The summed E-state index contributed by atoms with van der Waals surface area (Å²) in [6, 6.07) is 11.4. The molecule has 0 spiro atoms. The van der Waals surface area contributed by atoms with Crippen molar-refractivity contribution in [2.75, 3.05) is 18.9 Å². The van der Waals surface area contributed by atoms with Crippen molar-refractivity contribution in [1.29, 1.82) is 0 Å². The number of rotatable bonds is 5. The molecule has 1 aromatic carbocycles. The molecule has 0 bridgehead atoms. The summed E-state index contributed by atoms with van der Waals surface area (Å²) in [6.45, 7) is 2.04. The summed E-state index contributed by atoms with van der Waals surface area (Å²) in [4.78, 5) is 26.4. The first-order valence-electron chi connectivity index (χ1n) is 6.67. The maximum atomic E-state index is 12.0. The number of amides is 2. The van der Waals surface area contributed by atoms with E-state index in [2.05, 4.69) is 5.32 Å². The van der Waals surface area contributed by atoms with Gasteiger partial charge in [-0.1, -0.05) is 23.8 Å². The number of carbonyl (C=O) groups is 2. The zero-order valence-corrected chi connectivity index (χ0v) is 12.9. The Hall–Kier alpha value is -2.14. The van der Waals surface area contributed by atoms with Gasteiger partial charge in [0.05, 0.1) is 13.0 Å². The molecule has 0 aliphatic heterocycles. The highest BCUT2D eigenvalue weighted by Crippen LogP contribution is 2.11. The van der Waals surface area contributed by atoms with Crippen molar-refractivity contribution in [3.05, 3.63) is 52.2 Å². The van der Waals surface area contributed by atoms with Crippen LogP contribution < -0.4 is 5.32 Å². The van der Waals surface area contributed by atoms with Gasteiger partial charge in [-0.2, -0.15) is 0 Å². The molecule has 1 N–H and O–H groups in total. The zero-order valence-electron chi connectivity index (χ0n) is 12.1. The van der Waals surface area contributed by atoms with Crippen molar-refractivity contribution in [3.8, 4) is 0 Å². The van der Waals surface area contributed by atoms with E-state index in [1.807, 2.05) is 48.7 Å². The molecule has 0 atom stereocenters. The summed E-state index contributed by atoms with van der Waals surface area (Å²) in [5.41, 5.74) is 1.88. The minimum atomic E-state index is -0.194. The summed E-state index contributed by atoms with van der Waals surface area (Å²) < 4.78 is 0. The Morgan fingerprint density at radius 1 is 1.19 bits per heavy atom. The molecule has 0 aliphatic carbocycles. The second-order valence-electron chi connectivity index (χ2n) is 4.92. The van der Waals surface area contributed by atoms with Gasteiger partial charge in [-0.25, -0.2) is 0 Å². The Balaban J connectivity index is 1.84. The van der Waals surface area contributed by atoms with Crippen molar-refractivity contribution in [3.63, 3.8) is 0 Å². The largest absolute Gasteiger partial charge is 0.336 e. The van der Waals surface area contributed by atoms with E-state index in [4.69, 9.17) is 0 Å². The smallest absolute Gasteiger partial charge is 0.243 e. The van der Waals surface area contributed by atoms with E-state index >= 15 is 0 Å². The van der Waals surface area contributed by atoms with Gasteiger partial charge in [0.1, 0.15) is 0 Å². The summed E-state index contributed by atoms with van der Waals surface area (Å²) in [5, 5.41) is 4.72. The van der Waals surface area contributed by atoms with Crippen LogP contribution in [0.1, 0.15) is 10.4 Å². The lowest BCUT2D eigenvalue weighted by molar-refractivity contribution is -0.132. The highest BCUT2D eigenvalue weighted by Gasteiger charge is 2.14. The lowest BCUT2D eigenvalue weighted by Gasteiger charge is -2.16.